The van der Waals surface area contributed by atoms with E-state index in [2.05, 4.69) is 20.6 Å². The second-order valence-corrected chi connectivity index (χ2v) is 7.16. The number of nitrogens with zero attached hydrogens (tertiary/aromatic N) is 1. The molecule has 0 unspecified atom stereocenters. The average Bonchev–Trinajstić information content (AvgIpc) is 3.15. The highest BCUT2D eigenvalue weighted by Gasteiger charge is 2.22. The number of pyridine rings is 1. The van der Waals surface area contributed by atoms with Crippen molar-refractivity contribution in [1.29, 1.82) is 0 Å². The lowest BCUT2D eigenvalue weighted by Crippen LogP contribution is -2.48. The van der Waals surface area contributed by atoms with Crippen LogP contribution in [0.3, 0.4) is 0 Å². The molecule has 0 saturated carbocycles. The third-order valence-electron chi connectivity index (χ3n) is 4.52. The largest absolute Gasteiger partial charge is 0.385 e. The molecule has 1 atom stereocenters. The van der Waals surface area contributed by atoms with Crippen LogP contribution in [0.15, 0.2) is 42.6 Å². The van der Waals surface area contributed by atoms with E-state index in [-0.39, 0.29) is 23.8 Å². The van der Waals surface area contributed by atoms with Gasteiger partial charge in [-0.25, -0.2) is 9.37 Å². The van der Waals surface area contributed by atoms with Gasteiger partial charge >= 0.3 is 0 Å². The van der Waals surface area contributed by atoms with E-state index in [0.717, 1.165) is 10.9 Å². The van der Waals surface area contributed by atoms with Gasteiger partial charge in [0.1, 0.15) is 22.7 Å². The number of hydrogen-bond acceptors (Lipinski definition) is 4. The van der Waals surface area contributed by atoms with Gasteiger partial charge in [0.05, 0.1) is 11.7 Å². The van der Waals surface area contributed by atoms with Crippen LogP contribution in [-0.4, -0.2) is 48.1 Å². The predicted molar refractivity (Wildman–Crippen MR) is 112 cm³/mol. The van der Waals surface area contributed by atoms with Crippen LogP contribution in [0, 0.1) is 5.82 Å². The summed E-state index contributed by atoms with van der Waals surface area (Å²) in [7, 11) is 1.59. The summed E-state index contributed by atoms with van der Waals surface area (Å²) in [4.78, 5) is 32.4. The molecule has 0 spiro atoms. The summed E-state index contributed by atoms with van der Waals surface area (Å²) in [5.41, 5.74) is 1.66. The number of hydrogen-bond donors (Lipinski definition) is 3. The maximum atomic E-state index is 13.2. The third-order valence-corrected chi connectivity index (χ3v) is 4.72. The predicted octanol–water partition coefficient (Wildman–Crippen LogP) is 2.85. The minimum atomic E-state index is -0.835. The number of fused-ring (bicyclic) bond motifs is 1. The molecule has 2 heterocycles. The molecule has 3 rings (SSSR count). The van der Waals surface area contributed by atoms with E-state index in [0.29, 0.717) is 30.2 Å². The zero-order valence-electron chi connectivity index (χ0n) is 16.4. The average molecular weight is 433 g/mol. The van der Waals surface area contributed by atoms with Crippen molar-refractivity contribution in [3.8, 4) is 0 Å². The fraction of sp³-hybridized carbons (Fsp3) is 0.286. The molecule has 0 bridgehead atoms. The van der Waals surface area contributed by atoms with Crippen LogP contribution >= 0.6 is 11.6 Å². The van der Waals surface area contributed by atoms with Crippen LogP contribution in [0.4, 0.5) is 4.39 Å². The van der Waals surface area contributed by atoms with Gasteiger partial charge in [-0.2, -0.15) is 0 Å². The van der Waals surface area contributed by atoms with Gasteiger partial charge in [-0.3, -0.25) is 9.59 Å². The highest BCUT2D eigenvalue weighted by Crippen LogP contribution is 2.18. The molecule has 0 fully saturated rings. The summed E-state index contributed by atoms with van der Waals surface area (Å²) in [6.07, 6.45) is 2.40. The number of nitrogens with one attached hydrogen (secondary N) is 3. The third kappa shape index (κ3) is 5.77. The number of benzene rings is 1. The Morgan fingerprint density at radius 2 is 2.03 bits per heavy atom. The van der Waals surface area contributed by atoms with Crippen molar-refractivity contribution in [2.24, 2.45) is 0 Å². The number of halogens is 2. The molecule has 158 valence electrons. The highest BCUT2D eigenvalue weighted by atomic mass is 35.5. The van der Waals surface area contributed by atoms with E-state index in [1.54, 1.807) is 31.4 Å². The number of carbonyl (C=O) groups is 2. The molecule has 0 saturated heterocycles. The van der Waals surface area contributed by atoms with E-state index in [9.17, 15) is 14.0 Å². The van der Waals surface area contributed by atoms with Crippen molar-refractivity contribution in [1.82, 2.24) is 20.6 Å². The summed E-state index contributed by atoms with van der Waals surface area (Å²) in [5.74, 6) is -1.14. The minimum Gasteiger partial charge on any atom is -0.385 e. The molecular weight excluding hydrogens is 411 g/mol. The molecule has 3 N–H and O–H groups in total. The van der Waals surface area contributed by atoms with Crippen molar-refractivity contribution >= 4 is 34.3 Å². The molecule has 9 heteroatoms. The zero-order chi connectivity index (χ0) is 21.5. The first-order valence-electron chi connectivity index (χ1n) is 9.42. The molecule has 2 amide bonds. The van der Waals surface area contributed by atoms with Crippen molar-refractivity contribution < 1.29 is 18.7 Å². The Hall–Kier alpha value is -2.97. The van der Waals surface area contributed by atoms with Gasteiger partial charge in [-0.15, -0.1) is 0 Å². The number of carbonyl (C=O) groups excluding carboxylic acids is 2. The van der Waals surface area contributed by atoms with E-state index in [4.69, 9.17) is 16.3 Å². The number of methoxy groups -OCH3 is 1. The molecule has 0 aliphatic heterocycles. The Bertz CT molecular complexity index is 1020. The lowest BCUT2D eigenvalue weighted by molar-refractivity contribution is -0.123. The van der Waals surface area contributed by atoms with E-state index in [1.165, 1.54) is 18.3 Å². The fourth-order valence-electron chi connectivity index (χ4n) is 2.98. The van der Waals surface area contributed by atoms with Crippen molar-refractivity contribution in [3.05, 3.63) is 64.8 Å². The van der Waals surface area contributed by atoms with Gasteiger partial charge in [0.15, 0.2) is 0 Å². The van der Waals surface area contributed by atoms with Gasteiger partial charge in [-0.1, -0.05) is 23.7 Å². The number of ether oxygens (including phenoxy) is 1. The maximum Gasteiger partial charge on any atom is 0.268 e. The van der Waals surface area contributed by atoms with Crippen LogP contribution in [0.2, 0.25) is 5.15 Å². The Kier molecular flexibility index (Phi) is 7.37. The molecule has 7 nitrogen and oxygen atoms in total. The number of amides is 2. The van der Waals surface area contributed by atoms with Crippen molar-refractivity contribution in [2.75, 3.05) is 20.3 Å². The Morgan fingerprint density at radius 1 is 1.27 bits per heavy atom. The summed E-state index contributed by atoms with van der Waals surface area (Å²) in [5, 5.41) is 6.60. The summed E-state index contributed by atoms with van der Waals surface area (Å²) >= 11 is 5.89. The molecule has 0 aliphatic rings. The zero-order valence-corrected chi connectivity index (χ0v) is 17.1. The molecular formula is C21H22ClFN4O3. The standard InChI is InChI=1S/C21H22ClFN4O3/c1-30-8-2-7-24-20(28)16(9-13-3-5-15(23)6-4-13)27-21(29)17-10-14-11-19(22)25-12-18(14)26-17/h3-6,10-12,16,26H,2,7-9H2,1H3,(H,24,28)(H,27,29)/t16-/m0/s1. The first-order valence-corrected chi connectivity index (χ1v) is 9.80. The quantitative estimate of drug-likeness (QED) is 0.358. The molecule has 2 aromatic heterocycles. The molecule has 0 aliphatic carbocycles. The first-order chi connectivity index (χ1) is 14.5. The van der Waals surface area contributed by atoms with Gasteiger partial charge in [0.25, 0.3) is 5.91 Å². The van der Waals surface area contributed by atoms with Crippen LogP contribution in [-0.2, 0) is 16.0 Å². The fourth-order valence-corrected chi connectivity index (χ4v) is 3.15. The van der Waals surface area contributed by atoms with Crippen molar-refractivity contribution in [3.63, 3.8) is 0 Å². The minimum absolute atomic E-state index is 0.218. The van der Waals surface area contributed by atoms with Crippen LogP contribution < -0.4 is 10.6 Å². The Morgan fingerprint density at radius 3 is 2.77 bits per heavy atom. The van der Waals surface area contributed by atoms with Crippen molar-refractivity contribution in [2.45, 2.75) is 18.9 Å². The molecule has 1 aromatic carbocycles. The maximum absolute atomic E-state index is 13.2. The molecule has 0 radical (unpaired) electrons. The number of rotatable bonds is 9. The van der Waals surface area contributed by atoms with E-state index in [1.807, 2.05) is 0 Å². The van der Waals surface area contributed by atoms with Gasteiger partial charge in [0, 0.05) is 32.1 Å². The first kappa shape index (κ1) is 21.7. The van der Waals surface area contributed by atoms with Gasteiger partial charge in [-0.05, 0) is 36.2 Å². The summed E-state index contributed by atoms with van der Waals surface area (Å²) in [6.45, 7) is 0.931. The van der Waals surface area contributed by atoms with Gasteiger partial charge in [0.2, 0.25) is 5.91 Å². The van der Waals surface area contributed by atoms with Crippen LogP contribution in [0.5, 0.6) is 0 Å². The second kappa shape index (κ2) is 10.2. The monoisotopic (exact) mass is 432 g/mol. The van der Waals surface area contributed by atoms with E-state index >= 15 is 0 Å². The number of H-pyrrole nitrogens is 1. The Labute approximate surface area is 178 Å². The second-order valence-electron chi connectivity index (χ2n) is 6.77. The van der Waals surface area contributed by atoms with Crippen LogP contribution in [0.25, 0.3) is 10.9 Å². The lowest BCUT2D eigenvalue weighted by Gasteiger charge is -2.18. The smallest absolute Gasteiger partial charge is 0.268 e. The topological polar surface area (TPSA) is 96.1 Å². The van der Waals surface area contributed by atoms with E-state index < -0.39 is 11.9 Å². The van der Waals surface area contributed by atoms with Gasteiger partial charge < -0.3 is 20.4 Å². The molecule has 30 heavy (non-hydrogen) atoms. The lowest BCUT2D eigenvalue weighted by atomic mass is 10.0. The summed E-state index contributed by atoms with van der Waals surface area (Å²) in [6, 6.07) is 8.26. The SMILES string of the molecule is COCCCNC(=O)[C@H](Cc1ccc(F)cc1)NC(=O)c1cc2cc(Cl)ncc2[nH]1. The molecule has 3 aromatic rings. The number of aromatic amines is 1. The normalized spacial score (nSPS) is 12.0. The number of aromatic nitrogens is 2. The van der Waals surface area contributed by atoms with Crippen LogP contribution in [0.1, 0.15) is 22.5 Å². The summed E-state index contributed by atoms with van der Waals surface area (Å²) < 4.78 is 18.2. The Balaban J connectivity index is 1.74. The highest BCUT2D eigenvalue weighted by molar-refractivity contribution is 6.30.